The zero-order valence-electron chi connectivity index (χ0n) is 10.6. The second-order valence-corrected chi connectivity index (χ2v) is 5.38. The molecule has 0 aliphatic carbocycles. The average Bonchev–Trinajstić information content (AvgIpc) is 2.71. The van der Waals surface area contributed by atoms with Crippen LogP contribution in [0, 0.1) is 0 Å². The summed E-state index contributed by atoms with van der Waals surface area (Å²) in [7, 11) is 0. The van der Waals surface area contributed by atoms with Crippen molar-refractivity contribution in [3.63, 3.8) is 0 Å². The van der Waals surface area contributed by atoms with Gasteiger partial charge in [0.05, 0.1) is 16.8 Å². The van der Waals surface area contributed by atoms with Crippen molar-refractivity contribution in [3.05, 3.63) is 16.9 Å². The molecule has 100 valence electrons. The van der Waals surface area contributed by atoms with Crippen LogP contribution in [0.25, 0.3) is 0 Å². The molecule has 1 aliphatic heterocycles. The van der Waals surface area contributed by atoms with Crippen molar-refractivity contribution in [1.82, 2.24) is 9.78 Å². The number of aromatic nitrogens is 2. The largest absolute Gasteiger partial charge is 0.381 e. The lowest BCUT2D eigenvalue weighted by molar-refractivity contribution is 0.0440. The van der Waals surface area contributed by atoms with Gasteiger partial charge in [0.1, 0.15) is 5.69 Å². The highest BCUT2D eigenvalue weighted by atomic mass is 35.5. The summed E-state index contributed by atoms with van der Waals surface area (Å²) in [6, 6.07) is 0.0693. The molecule has 2 N–H and O–H groups in total. The van der Waals surface area contributed by atoms with E-state index >= 15 is 0 Å². The van der Waals surface area contributed by atoms with Crippen LogP contribution in [0.3, 0.4) is 0 Å². The quantitative estimate of drug-likeness (QED) is 0.851. The van der Waals surface area contributed by atoms with Gasteiger partial charge in [-0.05, 0) is 26.7 Å². The van der Waals surface area contributed by atoms with Gasteiger partial charge in [-0.15, -0.1) is 0 Å². The molecule has 2 rings (SSSR count). The first-order valence-electron chi connectivity index (χ1n) is 6.10. The van der Waals surface area contributed by atoms with Crippen LogP contribution in [0.4, 0.5) is 0 Å². The summed E-state index contributed by atoms with van der Waals surface area (Å²) in [5, 5.41) is 4.51. The Labute approximate surface area is 111 Å². The number of hydrogen-bond donors (Lipinski definition) is 1. The fourth-order valence-corrected chi connectivity index (χ4v) is 2.36. The van der Waals surface area contributed by atoms with E-state index in [1.54, 1.807) is 4.68 Å². The Morgan fingerprint density at radius 1 is 1.56 bits per heavy atom. The van der Waals surface area contributed by atoms with Crippen LogP contribution in [0.2, 0.25) is 5.02 Å². The highest BCUT2D eigenvalue weighted by molar-refractivity contribution is 6.34. The van der Waals surface area contributed by atoms with Crippen LogP contribution in [0.1, 0.15) is 43.2 Å². The van der Waals surface area contributed by atoms with Gasteiger partial charge in [0, 0.05) is 19.3 Å². The smallest absolute Gasteiger partial charge is 0.202 e. The molecule has 0 aromatic carbocycles. The lowest BCUT2D eigenvalue weighted by atomic mass is 9.85. The van der Waals surface area contributed by atoms with Crippen molar-refractivity contribution in [3.8, 4) is 0 Å². The minimum absolute atomic E-state index is 0.0693. The van der Waals surface area contributed by atoms with E-state index in [-0.39, 0.29) is 11.8 Å². The second-order valence-electron chi connectivity index (χ2n) is 4.98. The molecule has 1 aliphatic rings. The summed E-state index contributed by atoms with van der Waals surface area (Å²) < 4.78 is 6.89. The fraction of sp³-hybridized carbons (Fsp3) is 0.667. The van der Waals surface area contributed by atoms with E-state index in [4.69, 9.17) is 22.1 Å². The first-order valence-corrected chi connectivity index (χ1v) is 6.48. The Morgan fingerprint density at radius 2 is 2.17 bits per heavy atom. The zero-order valence-corrected chi connectivity index (χ0v) is 11.4. The Hall–Kier alpha value is -0.910. The number of ether oxygens (including phenoxy) is 1. The minimum Gasteiger partial charge on any atom is -0.381 e. The molecular weight excluding hydrogens is 254 g/mol. The summed E-state index contributed by atoms with van der Waals surface area (Å²) in [4.78, 5) is 12.6. The first kappa shape index (κ1) is 13.5. The third-order valence-electron chi connectivity index (χ3n) is 3.29. The van der Waals surface area contributed by atoms with Gasteiger partial charge in [-0.25, -0.2) is 0 Å². The van der Waals surface area contributed by atoms with E-state index in [0.717, 1.165) is 0 Å². The van der Waals surface area contributed by atoms with Crippen molar-refractivity contribution in [2.45, 2.75) is 38.3 Å². The Balaban J connectivity index is 2.36. The van der Waals surface area contributed by atoms with Crippen molar-refractivity contribution >= 4 is 17.4 Å². The van der Waals surface area contributed by atoms with Crippen molar-refractivity contribution in [2.75, 3.05) is 13.2 Å². The Bertz CT molecular complexity index is 450. The number of ketones is 1. The molecule has 0 saturated carbocycles. The highest BCUT2D eigenvalue weighted by Gasteiger charge is 2.39. The van der Waals surface area contributed by atoms with Crippen LogP contribution in [0.5, 0.6) is 0 Å². The van der Waals surface area contributed by atoms with E-state index in [1.807, 2.05) is 13.8 Å². The van der Waals surface area contributed by atoms with E-state index in [0.29, 0.717) is 36.8 Å². The van der Waals surface area contributed by atoms with Gasteiger partial charge in [0.25, 0.3) is 0 Å². The van der Waals surface area contributed by atoms with E-state index in [1.165, 1.54) is 6.20 Å². The minimum atomic E-state index is -0.880. The molecule has 0 spiro atoms. The molecular formula is C12H18ClN3O2. The predicted molar refractivity (Wildman–Crippen MR) is 68.9 cm³/mol. The standard InChI is InChI=1S/C12H18ClN3O2/c1-8(2)16-10(9(13)7-15-16)11(17)12(14)3-5-18-6-4-12/h7-8H,3-6,14H2,1-2H3. The van der Waals surface area contributed by atoms with E-state index in [9.17, 15) is 4.79 Å². The molecule has 1 aromatic heterocycles. The Morgan fingerprint density at radius 3 is 2.72 bits per heavy atom. The first-order chi connectivity index (χ1) is 8.46. The number of halogens is 1. The molecule has 0 amide bonds. The molecule has 1 aromatic rings. The summed E-state index contributed by atoms with van der Waals surface area (Å²) in [6.07, 6.45) is 2.54. The van der Waals surface area contributed by atoms with Gasteiger partial charge in [-0.1, -0.05) is 11.6 Å². The van der Waals surface area contributed by atoms with E-state index < -0.39 is 5.54 Å². The molecule has 2 heterocycles. The van der Waals surface area contributed by atoms with Gasteiger partial charge in [0.15, 0.2) is 0 Å². The van der Waals surface area contributed by atoms with Crippen molar-refractivity contribution < 1.29 is 9.53 Å². The Kier molecular flexibility index (Phi) is 3.75. The number of nitrogens with zero attached hydrogens (tertiary/aromatic N) is 2. The van der Waals surface area contributed by atoms with Crippen LogP contribution in [0.15, 0.2) is 6.20 Å². The van der Waals surface area contributed by atoms with Gasteiger partial charge in [-0.2, -0.15) is 5.10 Å². The maximum atomic E-state index is 12.6. The molecule has 6 heteroatoms. The van der Waals surface area contributed by atoms with Crippen molar-refractivity contribution in [1.29, 1.82) is 0 Å². The van der Waals surface area contributed by atoms with E-state index in [2.05, 4.69) is 5.10 Å². The number of rotatable bonds is 3. The molecule has 0 radical (unpaired) electrons. The van der Waals surface area contributed by atoms with Crippen LogP contribution < -0.4 is 5.73 Å². The third-order valence-corrected chi connectivity index (χ3v) is 3.57. The molecule has 0 bridgehead atoms. The second kappa shape index (κ2) is 4.99. The maximum Gasteiger partial charge on any atom is 0.202 e. The maximum absolute atomic E-state index is 12.6. The van der Waals surface area contributed by atoms with Crippen molar-refractivity contribution in [2.24, 2.45) is 5.73 Å². The fourth-order valence-electron chi connectivity index (χ4n) is 2.14. The summed E-state index contributed by atoms with van der Waals surface area (Å²) >= 11 is 6.07. The molecule has 0 unspecified atom stereocenters. The number of carbonyl (C=O) groups excluding carboxylic acids is 1. The zero-order chi connectivity index (χ0) is 13.3. The van der Waals surface area contributed by atoms with Gasteiger partial charge in [-0.3, -0.25) is 9.48 Å². The lowest BCUT2D eigenvalue weighted by Crippen LogP contribution is -2.52. The molecule has 1 fully saturated rings. The SMILES string of the molecule is CC(C)n1ncc(Cl)c1C(=O)C1(N)CCOCC1. The van der Waals surface area contributed by atoms with Crippen LogP contribution in [-0.4, -0.2) is 34.3 Å². The van der Waals surface area contributed by atoms with Gasteiger partial charge >= 0.3 is 0 Å². The van der Waals surface area contributed by atoms with Crippen LogP contribution in [-0.2, 0) is 4.74 Å². The highest BCUT2D eigenvalue weighted by Crippen LogP contribution is 2.28. The topological polar surface area (TPSA) is 70.1 Å². The number of Topliss-reactive ketones (excluding diaryl/α,β-unsaturated/α-hetero) is 1. The van der Waals surface area contributed by atoms with Crippen LogP contribution >= 0.6 is 11.6 Å². The lowest BCUT2D eigenvalue weighted by Gasteiger charge is -2.32. The molecule has 18 heavy (non-hydrogen) atoms. The number of carbonyl (C=O) groups is 1. The normalized spacial score (nSPS) is 19.2. The average molecular weight is 272 g/mol. The summed E-state index contributed by atoms with van der Waals surface area (Å²) in [5.74, 6) is -0.137. The number of hydrogen-bond acceptors (Lipinski definition) is 4. The summed E-state index contributed by atoms with van der Waals surface area (Å²) in [6.45, 7) is 4.92. The monoisotopic (exact) mass is 271 g/mol. The summed E-state index contributed by atoms with van der Waals surface area (Å²) in [5.41, 5.74) is 5.74. The van der Waals surface area contributed by atoms with Gasteiger partial charge < -0.3 is 10.5 Å². The predicted octanol–water partition coefficient (Wildman–Crippen LogP) is 1.81. The molecule has 1 saturated heterocycles. The molecule has 0 atom stereocenters. The van der Waals surface area contributed by atoms with Gasteiger partial charge in [0.2, 0.25) is 5.78 Å². The number of nitrogens with two attached hydrogens (primary N) is 1. The third kappa shape index (κ3) is 2.30. The molecule has 5 nitrogen and oxygen atoms in total.